The molecule has 1 saturated heterocycles. The van der Waals surface area contributed by atoms with E-state index < -0.39 is 17.8 Å². The van der Waals surface area contributed by atoms with Crippen LogP contribution in [0.25, 0.3) is 0 Å². The minimum atomic E-state index is -0.871. The molecule has 2 fully saturated rings. The molecule has 0 aromatic rings. The third-order valence-corrected chi connectivity index (χ3v) is 3.83. The summed E-state index contributed by atoms with van der Waals surface area (Å²) in [5.41, 5.74) is 0. The van der Waals surface area contributed by atoms with Gasteiger partial charge >= 0.3 is 11.9 Å². The Hall–Kier alpha value is -0.580. The SMILES string of the molecule is O=C1OC(CBr)C2CC[C@@H](C(=O)O)C12. The Bertz CT molecular complexity index is 278. The van der Waals surface area contributed by atoms with Crippen LogP contribution in [0.4, 0.5) is 0 Å². The molecule has 0 amide bonds. The molecule has 4 atom stereocenters. The molecule has 14 heavy (non-hydrogen) atoms. The van der Waals surface area contributed by atoms with Gasteiger partial charge in [-0.3, -0.25) is 9.59 Å². The van der Waals surface area contributed by atoms with E-state index in [0.717, 1.165) is 6.42 Å². The Kier molecular flexibility index (Phi) is 2.51. The lowest BCUT2D eigenvalue weighted by atomic mass is 9.89. The van der Waals surface area contributed by atoms with Gasteiger partial charge in [-0.05, 0) is 12.8 Å². The minimum Gasteiger partial charge on any atom is -0.481 e. The zero-order chi connectivity index (χ0) is 10.3. The standard InChI is InChI=1S/C9H11BrO4/c10-3-6-4-1-2-5(8(11)12)7(4)9(13)14-6/h4-7H,1-3H2,(H,11,12)/t4?,5-,6?,7?/m1/s1. The first-order valence-electron chi connectivity index (χ1n) is 4.64. The van der Waals surface area contributed by atoms with Gasteiger partial charge in [-0.1, -0.05) is 15.9 Å². The van der Waals surface area contributed by atoms with Gasteiger partial charge in [0.1, 0.15) is 6.10 Å². The van der Waals surface area contributed by atoms with Crippen molar-refractivity contribution >= 4 is 27.9 Å². The summed E-state index contributed by atoms with van der Waals surface area (Å²) in [4.78, 5) is 22.3. The fourth-order valence-corrected chi connectivity index (χ4v) is 3.14. The maximum absolute atomic E-state index is 11.4. The van der Waals surface area contributed by atoms with E-state index in [1.165, 1.54) is 0 Å². The summed E-state index contributed by atoms with van der Waals surface area (Å²) in [5.74, 6) is -2.04. The lowest BCUT2D eigenvalue weighted by Crippen LogP contribution is -2.25. The smallest absolute Gasteiger partial charge is 0.310 e. The normalized spacial score (nSPS) is 40.8. The first-order chi connectivity index (χ1) is 6.65. The van der Waals surface area contributed by atoms with Gasteiger partial charge < -0.3 is 9.84 Å². The summed E-state index contributed by atoms with van der Waals surface area (Å²) in [6, 6.07) is 0. The van der Waals surface area contributed by atoms with E-state index in [9.17, 15) is 9.59 Å². The van der Waals surface area contributed by atoms with Crippen molar-refractivity contribution in [3.8, 4) is 0 Å². The van der Waals surface area contributed by atoms with Crippen molar-refractivity contribution in [2.45, 2.75) is 18.9 Å². The number of rotatable bonds is 2. The topological polar surface area (TPSA) is 63.6 Å². The summed E-state index contributed by atoms with van der Waals surface area (Å²) in [7, 11) is 0. The highest BCUT2D eigenvalue weighted by Crippen LogP contribution is 2.45. The van der Waals surface area contributed by atoms with Crippen molar-refractivity contribution in [3.05, 3.63) is 0 Å². The van der Waals surface area contributed by atoms with E-state index in [1.54, 1.807) is 0 Å². The van der Waals surface area contributed by atoms with Crippen LogP contribution >= 0.6 is 15.9 Å². The molecule has 5 heteroatoms. The predicted octanol–water partition coefficient (Wildman–Crippen LogP) is 1.03. The number of carbonyl (C=O) groups excluding carboxylic acids is 1. The quantitative estimate of drug-likeness (QED) is 0.597. The molecule has 1 N–H and O–H groups in total. The second kappa shape index (κ2) is 3.53. The third kappa shape index (κ3) is 1.34. The average molecular weight is 263 g/mol. The molecular weight excluding hydrogens is 252 g/mol. The number of hydrogen-bond acceptors (Lipinski definition) is 3. The maximum Gasteiger partial charge on any atom is 0.310 e. The number of hydrogen-bond donors (Lipinski definition) is 1. The highest BCUT2D eigenvalue weighted by atomic mass is 79.9. The summed E-state index contributed by atoms with van der Waals surface area (Å²) < 4.78 is 5.11. The van der Waals surface area contributed by atoms with Crippen molar-refractivity contribution < 1.29 is 19.4 Å². The molecule has 0 bridgehead atoms. The molecule has 0 aromatic carbocycles. The first kappa shape index (κ1) is 9.96. The first-order valence-corrected chi connectivity index (χ1v) is 5.76. The average Bonchev–Trinajstić information content (AvgIpc) is 2.67. The molecule has 78 valence electrons. The van der Waals surface area contributed by atoms with Crippen LogP contribution in [-0.2, 0) is 14.3 Å². The monoisotopic (exact) mass is 262 g/mol. The van der Waals surface area contributed by atoms with Crippen molar-refractivity contribution in [2.24, 2.45) is 17.8 Å². The van der Waals surface area contributed by atoms with Gasteiger partial charge in [-0.25, -0.2) is 0 Å². The van der Waals surface area contributed by atoms with E-state index >= 15 is 0 Å². The molecule has 1 aliphatic carbocycles. The Labute approximate surface area is 89.7 Å². The van der Waals surface area contributed by atoms with E-state index in [4.69, 9.17) is 9.84 Å². The van der Waals surface area contributed by atoms with Crippen LogP contribution in [0, 0.1) is 17.8 Å². The maximum atomic E-state index is 11.4. The van der Waals surface area contributed by atoms with Gasteiger partial charge in [0.25, 0.3) is 0 Å². The van der Waals surface area contributed by atoms with Crippen molar-refractivity contribution in [1.82, 2.24) is 0 Å². The van der Waals surface area contributed by atoms with Crippen LogP contribution in [0.5, 0.6) is 0 Å². The van der Waals surface area contributed by atoms with Crippen molar-refractivity contribution in [2.75, 3.05) is 5.33 Å². The molecule has 3 unspecified atom stereocenters. The van der Waals surface area contributed by atoms with Crippen molar-refractivity contribution in [3.63, 3.8) is 0 Å². The van der Waals surface area contributed by atoms with Crippen LogP contribution in [0.3, 0.4) is 0 Å². The van der Waals surface area contributed by atoms with Crippen LogP contribution < -0.4 is 0 Å². The lowest BCUT2D eigenvalue weighted by molar-refractivity contribution is -0.152. The van der Waals surface area contributed by atoms with Gasteiger partial charge in [-0.2, -0.15) is 0 Å². The summed E-state index contributed by atoms with van der Waals surface area (Å²) in [6.07, 6.45) is 1.25. The Morgan fingerprint density at radius 2 is 2.29 bits per heavy atom. The molecule has 1 saturated carbocycles. The summed E-state index contributed by atoms with van der Waals surface area (Å²) in [6.45, 7) is 0. The number of fused-ring (bicyclic) bond motifs is 1. The molecule has 1 aliphatic heterocycles. The number of esters is 1. The minimum absolute atomic E-state index is 0.1000. The van der Waals surface area contributed by atoms with Crippen molar-refractivity contribution in [1.29, 1.82) is 0 Å². The van der Waals surface area contributed by atoms with Gasteiger partial charge in [0.2, 0.25) is 0 Å². The highest BCUT2D eigenvalue weighted by Gasteiger charge is 2.54. The molecule has 0 spiro atoms. The molecule has 2 aliphatic rings. The third-order valence-electron chi connectivity index (χ3n) is 3.19. The molecule has 0 aromatic heterocycles. The van der Waals surface area contributed by atoms with Crippen LogP contribution in [-0.4, -0.2) is 28.5 Å². The van der Waals surface area contributed by atoms with Gasteiger partial charge in [0.15, 0.2) is 0 Å². The number of alkyl halides is 1. The highest BCUT2D eigenvalue weighted by molar-refractivity contribution is 9.09. The van der Waals surface area contributed by atoms with E-state index in [1.807, 2.05) is 0 Å². The van der Waals surface area contributed by atoms with E-state index in [0.29, 0.717) is 11.8 Å². The number of halogens is 1. The lowest BCUT2D eigenvalue weighted by Gasteiger charge is -2.11. The Morgan fingerprint density at radius 3 is 2.86 bits per heavy atom. The number of carboxylic acid groups (broad SMARTS) is 1. The molecule has 2 rings (SSSR count). The van der Waals surface area contributed by atoms with Gasteiger partial charge in [0, 0.05) is 11.2 Å². The number of cyclic esters (lactones) is 1. The molecule has 4 nitrogen and oxygen atoms in total. The fourth-order valence-electron chi connectivity index (χ4n) is 2.52. The number of aliphatic carboxylic acids is 1. The Balaban J connectivity index is 2.19. The fraction of sp³-hybridized carbons (Fsp3) is 0.778. The Morgan fingerprint density at radius 1 is 1.57 bits per heavy atom. The summed E-state index contributed by atoms with van der Waals surface area (Å²) >= 11 is 3.27. The van der Waals surface area contributed by atoms with Gasteiger partial charge in [-0.15, -0.1) is 0 Å². The molecule has 0 radical (unpaired) electrons. The predicted molar refractivity (Wildman–Crippen MR) is 51.0 cm³/mol. The zero-order valence-corrected chi connectivity index (χ0v) is 9.07. The second-order valence-corrected chi connectivity index (χ2v) is 4.49. The van der Waals surface area contributed by atoms with Gasteiger partial charge in [0.05, 0.1) is 11.8 Å². The number of carbonyl (C=O) groups is 2. The zero-order valence-electron chi connectivity index (χ0n) is 7.48. The summed E-state index contributed by atoms with van der Waals surface area (Å²) in [5, 5.41) is 9.52. The molecular formula is C9H11BrO4. The van der Waals surface area contributed by atoms with Crippen LogP contribution in [0.15, 0.2) is 0 Å². The number of carboxylic acids is 1. The second-order valence-electron chi connectivity index (χ2n) is 3.84. The van der Waals surface area contributed by atoms with E-state index in [-0.39, 0.29) is 18.0 Å². The van der Waals surface area contributed by atoms with Crippen LogP contribution in [0.1, 0.15) is 12.8 Å². The largest absolute Gasteiger partial charge is 0.481 e. The molecule has 1 heterocycles. The van der Waals surface area contributed by atoms with E-state index in [2.05, 4.69) is 15.9 Å². The number of ether oxygens (including phenoxy) is 1. The van der Waals surface area contributed by atoms with Crippen LogP contribution in [0.2, 0.25) is 0 Å².